The van der Waals surface area contributed by atoms with E-state index in [1.807, 2.05) is 6.07 Å². The highest BCUT2D eigenvalue weighted by Gasteiger charge is 2.34. The number of H-pyrrole nitrogens is 1. The van der Waals surface area contributed by atoms with Crippen LogP contribution in [0.3, 0.4) is 0 Å². The zero-order valence-electron chi connectivity index (χ0n) is 19.6. The molecule has 0 bridgehead atoms. The van der Waals surface area contributed by atoms with Crippen LogP contribution in [0.1, 0.15) is 71.9 Å². The number of hydrogen-bond acceptors (Lipinski definition) is 5. The van der Waals surface area contributed by atoms with Gasteiger partial charge in [-0.3, -0.25) is 0 Å². The highest BCUT2D eigenvalue weighted by atomic mass is 35.5. The summed E-state index contributed by atoms with van der Waals surface area (Å²) in [6.07, 6.45) is 3.70. The summed E-state index contributed by atoms with van der Waals surface area (Å²) >= 11 is 6.81. The first-order chi connectivity index (χ1) is 14.9. The van der Waals surface area contributed by atoms with E-state index in [0.717, 1.165) is 61.3 Å². The Labute approximate surface area is 196 Å². The third kappa shape index (κ3) is 4.79. The number of aromatic nitrogens is 2. The van der Waals surface area contributed by atoms with Crippen molar-refractivity contribution < 1.29 is 13.2 Å². The van der Waals surface area contributed by atoms with Gasteiger partial charge in [-0.25, -0.2) is 18.1 Å². The summed E-state index contributed by atoms with van der Waals surface area (Å²) < 4.78 is 32.9. The quantitative estimate of drug-likeness (QED) is 0.666. The lowest BCUT2D eigenvalue weighted by molar-refractivity contribution is -0.00544. The molecule has 32 heavy (non-hydrogen) atoms. The zero-order chi connectivity index (χ0) is 23.3. The molecule has 3 heterocycles. The van der Waals surface area contributed by atoms with Crippen molar-refractivity contribution >= 4 is 38.5 Å². The molecule has 2 aliphatic rings. The SMILES string of the molecule is C[C@@H]1CN(c2ccc3[nH]c(C4CCC(NS(=O)(=O)C(C)(C)C)CC4)c(Cl)c3n2)C[C@H](C)O1. The van der Waals surface area contributed by atoms with Crippen molar-refractivity contribution in [2.45, 2.75) is 89.2 Å². The van der Waals surface area contributed by atoms with E-state index in [9.17, 15) is 8.42 Å². The number of rotatable bonds is 4. The average Bonchev–Trinajstić information content (AvgIpc) is 3.03. The van der Waals surface area contributed by atoms with Gasteiger partial charge >= 0.3 is 0 Å². The van der Waals surface area contributed by atoms with Crippen molar-refractivity contribution in [3.63, 3.8) is 0 Å². The molecule has 2 fully saturated rings. The van der Waals surface area contributed by atoms with Crippen LogP contribution in [0.25, 0.3) is 11.0 Å². The Hall–Kier alpha value is -1.35. The summed E-state index contributed by atoms with van der Waals surface area (Å²) in [5.41, 5.74) is 2.77. The molecule has 1 saturated heterocycles. The Bertz CT molecular complexity index is 1060. The molecular formula is C23H35ClN4O3S. The molecule has 1 aliphatic carbocycles. The smallest absolute Gasteiger partial charge is 0.216 e. The second kappa shape index (κ2) is 8.78. The minimum atomic E-state index is -3.34. The van der Waals surface area contributed by atoms with Crippen LogP contribution in [0.4, 0.5) is 5.82 Å². The lowest BCUT2D eigenvalue weighted by Crippen LogP contribution is -2.45. The highest BCUT2D eigenvalue weighted by Crippen LogP contribution is 2.39. The molecule has 178 valence electrons. The van der Waals surface area contributed by atoms with Gasteiger partial charge in [0.05, 0.1) is 27.5 Å². The van der Waals surface area contributed by atoms with Crippen molar-refractivity contribution in [1.29, 1.82) is 0 Å². The minimum absolute atomic E-state index is 0.0198. The molecule has 1 aliphatic heterocycles. The summed E-state index contributed by atoms with van der Waals surface area (Å²) in [5.74, 6) is 1.20. The van der Waals surface area contributed by atoms with Gasteiger partial charge in [-0.1, -0.05) is 11.6 Å². The molecule has 7 nitrogen and oxygen atoms in total. The molecule has 1 saturated carbocycles. The number of fused-ring (bicyclic) bond motifs is 1. The number of halogens is 1. The molecule has 0 aromatic carbocycles. The van der Waals surface area contributed by atoms with Crippen LogP contribution in [-0.2, 0) is 14.8 Å². The summed E-state index contributed by atoms with van der Waals surface area (Å²) in [4.78, 5) is 10.6. The molecule has 2 atom stereocenters. The van der Waals surface area contributed by atoms with Crippen LogP contribution in [0.15, 0.2) is 12.1 Å². The van der Waals surface area contributed by atoms with Crippen LogP contribution >= 0.6 is 11.6 Å². The van der Waals surface area contributed by atoms with Gasteiger partial charge in [0.25, 0.3) is 0 Å². The summed E-state index contributed by atoms with van der Waals surface area (Å²) in [6, 6.07) is 4.08. The van der Waals surface area contributed by atoms with E-state index in [1.165, 1.54) is 0 Å². The maximum atomic E-state index is 12.5. The van der Waals surface area contributed by atoms with Gasteiger partial charge < -0.3 is 14.6 Å². The monoisotopic (exact) mass is 482 g/mol. The van der Waals surface area contributed by atoms with Gasteiger partial charge in [-0.05, 0) is 72.4 Å². The fourth-order valence-corrected chi connectivity index (χ4v) is 6.14. The number of aromatic amines is 1. The van der Waals surface area contributed by atoms with Crippen LogP contribution < -0.4 is 9.62 Å². The number of morpholine rings is 1. The number of hydrogen-bond donors (Lipinski definition) is 2. The summed E-state index contributed by atoms with van der Waals surface area (Å²) in [6.45, 7) is 11.0. The molecule has 0 spiro atoms. The predicted molar refractivity (Wildman–Crippen MR) is 130 cm³/mol. The standard InChI is InChI=1S/C23H35ClN4O3S/c1-14-12-28(13-15(2)31-14)19-11-10-18-22(26-19)20(24)21(25-18)16-6-8-17(9-7-16)27-32(29,30)23(3,4)5/h10-11,14-17,25,27H,6-9,12-13H2,1-5H3/t14-,15+,16?,17?. The molecule has 4 rings (SSSR count). The second-order valence-electron chi connectivity index (χ2n) is 10.4. The lowest BCUT2D eigenvalue weighted by atomic mass is 9.84. The summed E-state index contributed by atoms with van der Waals surface area (Å²) in [7, 11) is -3.34. The van der Waals surface area contributed by atoms with Gasteiger partial charge in [0.15, 0.2) is 0 Å². The van der Waals surface area contributed by atoms with E-state index in [1.54, 1.807) is 20.8 Å². The molecule has 0 radical (unpaired) electrons. The van der Waals surface area contributed by atoms with E-state index in [-0.39, 0.29) is 24.2 Å². The molecule has 2 aromatic heterocycles. The third-order valence-corrected chi connectivity index (χ3v) is 9.24. The number of pyridine rings is 1. The number of anilines is 1. The van der Waals surface area contributed by atoms with Crippen molar-refractivity contribution in [2.75, 3.05) is 18.0 Å². The molecule has 0 amide bonds. The Morgan fingerprint density at radius 2 is 1.75 bits per heavy atom. The number of sulfonamides is 1. The van der Waals surface area contributed by atoms with E-state index in [2.05, 4.69) is 34.5 Å². The number of nitrogens with one attached hydrogen (secondary N) is 2. The Morgan fingerprint density at radius 1 is 1.12 bits per heavy atom. The average molecular weight is 483 g/mol. The van der Waals surface area contributed by atoms with Crippen LogP contribution in [0.2, 0.25) is 5.02 Å². The van der Waals surface area contributed by atoms with Gasteiger partial charge in [-0.15, -0.1) is 0 Å². The molecule has 2 N–H and O–H groups in total. The van der Waals surface area contributed by atoms with E-state index in [0.29, 0.717) is 5.02 Å². The number of nitrogens with zero attached hydrogens (tertiary/aromatic N) is 2. The van der Waals surface area contributed by atoms with Gasteiger partial charge in [0.2, 0.25) is 10.0 Å². The van der Waals surface area contributed by atoms with Gasteiger partial charge in [0.1, 0.15) is 11.3 Å². The Balaban J connectivity index is 1.48. The lowest BCUT2D eigenvalue weighted by Gasteiger charge is -2.36. The first kappa shape index (κ1) is 23.8. The van der Waals surface area contributed by atoms with Gasteiger partial charge in [0, 0.05) is 30.7 Å². The third-order valence-electron chi connectivity index (χ3n) is 6.60. The highest BCUT2D eigenvalue weighted by molar-refractivity contribution is 7.90. The van der Waals surface area contributed by atoms with Crippen LogP contribution in [0.5, 0.6) is 0 Å². The van der Waals surface area contributed by atoms with Crippen LogP contribution in [0, 0.1) is 0 Å². The first-order valence-corrected chi connectivity index (χ1v) is 13.4. The van der Waals surface area contributed by atoms with Crippen molar-refractivity contribution in [2.24, 2.45) is 0 Å². The Kier molecular flexibility index (Phi) is 6.53. The van der Waals surface area contributed by atoms with E-state index < -0.39 is 14.8 Å². The molecular weight excluding hydrogens is 448 g/mol. The predicted octanol–water partition coefficient (Wildman–Crippen LogP) is 4.57. The second-order valence-corrected chi connectivity index (χ2v) is 13.2. The molecule has 9 heteroatoms. The first-order valence-electron chi connectivity index (χ1n) is 11.5. The maximum Gasteiger partial charge on any atom is 0.216 e. The van der Waals surface area contributed by atoms with Crippen LogP contribution in [-0.4, -0.2) is 54.5 Å². The van der Waals surface area contributed by atoms with E-state index >= 15 is 0 Å². The fraction of sp³-hybridized carbons (Fsp3) is 0.696. The number of ether oxygens (including phenoxy) is 1. The topological polar surface area (TPSA) is 87.3 Å². The van der Waals surface area contributed by atoms with Crippen molar-refractivity contribution in [1.82, 2.24) is 14.7 Å². The maximum absolute atomic E-state index is 12.5. The van der Waals surface area contributed by atoms with Gasteiger partial charge in [-0.2, -0.15) is 0 Å². The van der Waals surface area contributed by atoms with Crippen molar-refractivity contribution in [3.8, 4) is 0 Å². The van der Waals surface area contributed by atoms with E-state index in [4.69, 9.17) is 21.3 Å². The minimum Gasteiger partial charge on any atom is -0.372 e. The normalized spacial score (nSPS) is 27.8. The van der Waals surface area contributed by atoms with Crippen molar-refractivity contribution in [3.05, 3.63) is 22.8 Å². The fourth-order valence-electron chi connectivity index (χ4n) is 4.76. The summed E-state index contributed by atoms with van der Waals surface area (Å²) in [5, 5.41) is 0.690. The zero-order valence-corrected chi connectivity index (χ0v) is 21.2. The molecule has 2 aromatic rings. The molecule has 0 unspecified atom stereocenters. The Morgan fingerprint density at radius 3 is 2.34 bits per heavy atom. The largest absolute Gasteiger partial charge is 0.372 e.